The van der Waals surface area contributed by atoms with Crippen LogP contribution in [0.15, 0.2) is 82.2 Å². The summed E-state index contributed by atoms with van der Waals surface area (Å²) in [6.45, 7) is 1.24. The van der Waals surface area contributed by atoms with E-state index in [1.54, 1.807) is 31.2 Å². The van der Waals surface area contributed by atoms with Crippen LogP contribution >= 0.6 is 27.5 Å². The number of nitrogens with one attached hydrogen (secondary N) is 1. The summed E-state index contributed by atoms with van der Waals surface area (Å²) in [5.41, 5.74) is 0.992. The molecule has 1 aliphatic carbocycles. The van der Waals surface area contributed by atoms with Crippen molar-refractivity contribution in [2.75, 3.05) is 18.0 Å². The smallest absolute Gasteiger partial charge is 0.264 e. The molecule has 0 bridgehead atoms. The van der Waals surface area contributed by atoms with Crippen LogP contribution in [-0.4, -0.2) is 50.9 Å². The number of ether oxygens (including phenoxy) is 1. The van der Waals surface area contributed by atoms with Crippen LogP contribution in [0.1, 0.15) is 38.2 Å². The number of carbonyl (C=O) groups excluding carboxylic acids is 2. The van der Waals surface area contributed by atoms with Crippen molar-refractivity contribution in [1.29, 1.82) is 0 Å². The molecule has 1 unspecified atom stereocenters. The van der Waals surface area contributed by atoms with Gasteiger partial charge in [-0.15, -0.1) is 0 Å². The molecule has 0 spiro atoms. The number of halogens is 2. The van der Waals surface area contributed by atoms with Gasteiger partial charge in [-0.1, -0.05) is 70.7 Å². The SMILES string of the molecule is COc1ccc(N(CC(=O)N(Cc2ccc(Br)cc2)C(C)C(=O)NC2CCCC2)S(=O)(=O)c2ccccc2)cc1Cl. The Morgan fingerprint density at radius 2 is 1.71 bits per heavy atom. The first-order valence-corrected chi connectivity index (χ1v) is 16.0. The van der Waals surface area contributed by atoms with E-state index < -0.39 is 28.5 Å². The molecule has 0 aromatic heterocycles. The summed E-state index contributed by atoms with van der Waals surface area (Å²) in [7, 11) is -2.72. The fourth-order valence-corrected chi connectivity index (χ4v) is 6.76. The van der Waals surface area contributed by atoms with E-state index >= 15 is 0 Å². The molecule has 8 nitrogen and oxygen atoms in total. The number of hydrogen-bond donors (Lipinski definition) is 1. The van der Waals surface area contributed by atoms with Crippen molar-refractivity contribution in [2.45, 2.75) is 56.1 Å². The minimum atomic E-state index is -4.18. The van der Waals surface area contributed by atoms with Crippen LogP contribution in [0.2, 0.25) is 5.02 Å². The molecule has 0 heterocycles. The van der Waals surface area contributed by atoms with Crippen molar-refractivity contribution < 1.29 is 22.7 Å². The van der Waals surface area contributed by atoms with Crippen LogP contribution in [0.5, 0.6) is 5.75 Å². The predicted octanol–water partition coefficient (Wildman–Crippen LogP) is 5.78. The molecular formula is C30H33BrClN3O5S. The Balaban J connectivity index is 1.70. The second-order valence-corrected chi connectivity index (χ2v) is 13.1. The first-order valence-electron chi connectivity index (χ1n) is 13.4. The predicted molar refractivity (Wildman–Crippen MR) is 164 cm³/mol. The van der Waals surface area contributed by atoms with Gasteiger partial charge in [0.05, 0.1) is 22.7 Å². The molecule has 3 aromatic rings. The zero-order valence-electron chi connectivity index (χ0n) is 22.9. The first kappa shape index (κ1) is 30.9. The molecule has 2 amide bonds. The van der Waals surface area contributed by atoms with Crippen LogP contribution in [0.4, 0.5) is 5.69 Å². The van der Waals surface area contributed by atoms with Gasteiger partial charge < -0.3 is 15.0 Å². The summed E-state index contributed by atoms with van der Waals surface area (Å²) >= 11 is 9.79. The summed E-state index contributed by atoms with van der Waals surface area (Å²) in [5.74, 6) is -0.436. The van der Waals surface area contributed by atoms with Crippen LogP contribution in [-0.2, 0) is 26.2 Å². The number of hydrogen-bond acceptors (Lipinski definition) is 5. The Morgan fingerprint density at radius 3 is 2.32 bits per heavy atom. The lowest BCUT2D eigenvalue weighted by molar-refractivity contribution is -0.139. The molecule has 4 rings (SSSR count). The van der Waals surface area contributed by atoms with E-state index in [1.165, 1.54) is 36.3 Å². The third-order valence-corrected chi connectivity index (χ3v) is 9.78. The maximum absolute atomic E-state index is 14.0. The fraction of sp³-hybridized carbons (Fsp3) is 0.333. The van der Waals surface area contributed by atoms with E-state index in [9.17, 15) is 18.0 Å². The number of methoxy groups -OCH3 is 1. The first-order chi connectivity index (χ1) is 19.6. The minimum absolute atomic E-state index is 0.0197. The van der Waals surface area contributed by atoms with Crippen LogP contribution < -0.4 is 14.4 Å². The average molecular weight is 663 g/mol. The molecule has 1 fully saturated rings. The number of amides is 2. The Morgan fingerprint density at radius 1 is 1.05 bits per heavy atom. The lowest BCUT2D eigenvalue weighted by Gasteiger charge is -2.32. The normalized spacial score (nSPS) is 14.3. The highest BCUT2D eigenvalue weighted by Gasteiger charge is 2.33. The van der Waals surface area contributed by atoms with Crippen LogP contribution in [0.25, 0.3) is 0 Å². The number of carbonyl (C=O) groups is 2. The van der Waals surface area contributed by atoms with E-state index in [-0.39, 0.29) is 34.1 Å². The van der Waals surface area contributed by atoms with Gasteiger partial charge in [0.2, 0.25) is 11.8 Å². The van der Waals surface area contributed by atoms with E-state index in [1.807, 2.05) is 24.3 Å². The maximum atomic E-state index is 14.0. The molecule has 11 heteroatoms. The van der Waals surface area contributed by atoms with E-state index in [4.69, 9.17) is 16.3 Å². The summed E-state index contributed by atoms with van der Waals surface area (Å²) in [4.78, 5) is 28.8. The fourth-order valence-electron chi connectivity index (χ4n) is 4.82. The minimum Gasteiger partial charge on any atom is -0.495 e. The number of nitrogens with zero attached hydrogens (tertiary/aromatic N) is 2. The lowest BCUT2D eigenvalue weighted by Crippen LogP contribution is -2.52. The van der Waals surface area contributed by atoms with E-state index in [0.29, 0.717) is 5.75 Å². The topological polar surface area (TPSA) is 96.0 Å². The number of sulfonamides is 1. The van der Waals surface area contributed by atoms with Gasteiger partial charge in [-0.2, -0.15) is 0 Å². The van der Waals surface area contributed by atoms with Gasteiger partial charge in [0.1, 0.15) is 18.3 Å². The quantitative estimate of drug-likeness (QED) is 0.281. The van der Waals surface area contributed by atoms with Crippen molar-refractivity contribution in [3.05, 3.63) is 87.9 Å². The molecule has 41 heavy (non-hydrogen) atoms. The van der Waals surface area contributed by atoms with Gasteiger partial charge >= 0.3 is 0 Å². The summed E-state index contributed by atoms with van der Waals surface area (Å²) in [6.07, 6.45) is 3.91. The lowest BCUT2D eigenvalue weighted by atomic mass is 10.1. The maximum Gasteiger partial charge on any atom is 0.264 e. The van der Waals surface area contributed by atoms with Crippen molar-refractivity contribution in [1.82, 2.24) is 10.2 Å². The summed E-state index contributed by atoms with van der Waals surface area (Å²) < 4.78 is 34.9. The van der Waals surface area contributed by atoms with Crippen LogP contribution in [0, 0.1) is 0 Å². The molecular weight excluding hydrogens is 630 g/mol. The van der Waals surface area contributed by atoms with Crippen molar-refractivity contribution in [2.24, 2.45) is 0 Å². The number of benzene rings is 3. The highest BCUT2D eigenvalue weighted by Crippen LogP contribution is 2.32. The van der Waals surface area contributed by atoms with Gasteiger partial charge in [0, 0.05) is 17.1 Å². The molecule has 1 N–H and O–H groups in total. The second kappa shape index (κ2) is 13.7. The molecule has 0 saturated heterocycles. The average Bonchev–Trinajstić information content (AvgIpc) is 3.48. The van der Waals surface area contributed by atoms with Gasteiger partial charge in [-0.25, -0.2) is 8.42 Å². The molecule has 3 aromatic carbocycles. The zero-order chi connectivity index (χ0) is 29.6. The molecule has 1 atom stereocenters. The van der Waals surface area contributed by atoms with Crippen molar-refractivity contribution in [3.63, 3.8) is 0 Å². The van der Waals surface area contributed by atoms with Gasteiger partial charge in [-0.05, 0) is 67.8 Å². The Hall–Kier alpha value is -3.08. The molecule has 0 radical (unpaired) electrons. The summed E-state index contributed by atoms with van der Waals surface area (Å²) in [6, 6.07) is 19.1. The highest BCUT2D eigenvalue weighted by molar-refractivity contribution is 9.10. The molecule has 1 saturated carbocycles. The third kappa shape index (κ3) is 7.61. The zero-order valence-corrected chi connectivity index (χ0v) is 26.1. The monoisotopic (exact) mass is 661 g/mol. The standard InChI is InChI=1S/C30H33BrClN3O5S/c1-21(30(37)33-24-8-6-7-9-24)34(19-22-12-14-23(31)15-13-22)29(36)20-35(25-16-17-28(40-2)27(32)18-25)41(38,39)26-10-4-3-5-11-26/h3-5,10-18,21,24H,6-9,19-20H2,1-2H3,(H,33,37). The van der Waals surface area contributed by atoms with Gasteiger partial charge in [0.15, 0.2) is 0 Å². The Bertz CT molecular complexity index is 1470. The largest absolute Gasteiger partial charge is 0.495 e. The van der Waals surface area contributed by atoms with Crippen molar-refractivity contribution in [3.8, 4) is 5.75 Å². The second-order valence-electron chi connectivity index (χ2n) is 9.96. The number of anilines is 1. The van der Waals surface area contributed by atoms with E-state index in [2.05, 4.69) is 21.2 Å². The van der Waals surface area contributed by atoms with Gasteiger partial charge in [-0.3, -0.25) is 13.9 Å². The van der Waals surface area contributed by atoms with Crippen LogP contribution in [0.3, 0.4) is 0 Å². The highest BCUT2D eigenvalue weighted by atomic mass is 79.9. The molecule has 0 aliphatic heterocycles. The Kier molecular flexibility index (Phi) is 10.3. The number of rotatable bonds is 11. The van der Waals surface area contributed by atoms with Gasteiger partial charge in [0.25, 0.3) is 10.0 Å². The summed E-state index contributed by atoms with van der Waals surface area (Å²) in [5, 5.41) is 3.26. The molecule has 1 aliphatic rings. The van der Waals surface area contributed by atoms with Crippen molar-refractivity contribution >= 4 is 55.1 Å². The van der Waals surface area contributed by atoms with E-state index in [0.717, 1.165) is 40.0 Å². The third-order valence-electron chi connectivity index (χ3n) is 7.17. The Labute approximate surface area is 254 Å². The molecule has 218 valence electrons.